The number of methoxy groups -OCH3 is 1. The lowest BCUT2D eigenvalue weighted by Gasteiger charge is -2.49. The SMILES string of the molecule is COCOc1cc(-c2cc3ccccc3o2)cc2c1[C@H]1C[C@@H](C)CC[C@@H]1C(C)(C)O2. The fourth-order valence-corrected chi connectivity index (χ4v) is 5.45. The molecular weight excluding hydrogens is 376 g/mol. The van der Waals surface area contributed by atoms with Gasteiger partial charge in [-0.05, 0) is 62.8 Å². The summed E-state index contributed by atoms with van der Waals surface area (Å²) in [6, 6.07) is 14.4. The molecular formula is C26H30O4. The fraction of sp³-hybridized carbons (Fsp3) is 0.462. The van der Waals surface area contributed by atoms with E-state index in [-0.39, 0.29) is 12.4 Å². The Kier molecular flexibility index (Phi) is 4.78. The van der Waals surface area contributed by atoms with Crippen molar-refractivity contribution in [3.05, 3.63) is 48.0 Å². The van der Waals surface area contributed by atoms with Gasteiger partial charge in [-0.2, -0.15) is 0 Å². The van der Waals surface area contributed by atoms with E-state index in [1.165, 1.54) is 18.4 Å². The molecule has 0 saturated heterocycles. The Morgan fingerprint density at radius 1 is 1.10 bits per heavy atom. The van der Waals surface area contributed by atoms with Gasteiger partial charge in [0.15, 0.2) is 6.79 Å². The minimum atomic E-state index is -0.206. The third kappa shape index (κ3) is 3.27. The normalized spacial score (nSPS) is 24.7. The van der Waals surface area contributed by atoms with Crippen molar-refractivity contribution in [2.75, 3.05) is 13.9 Å². The summed E-state index contributed by atoms with van der Waals surface area (Å²) < 4.78 is 24.1. The third-order valence-corrected chi connectivity index (χ3v) is 6.90. The van der Waals surface area contributed by atoms with Crippen LogP contribution in [0.4, 0.5) is 0 Å². The highest BCUT2D eigenvalue weighted by molar-refractivity contribution is 5.83. The second-order valence-corrected chi connectivity index (χ2v) is 9.42. The van der Waals surface area contributed by atoms with Gasteiger partial charge in [0.25, 0.3) is 0 Å². The molecule has 1 aliphatic heterocycles. The van der Waals surface area contributed by atoms with Crippen molar-refractivity contribution in [2.24, 2.45) is 11.8 Å². The molecule has 5 rings (SSSR count). The average molecular weight is 407 g/mol. The van der Waals surface area contributed by atoms with Crippen molar-refractivity contribution in [1.82, 2.24) is 0 Å². The second kappa shape index (κ2) is 7.35. The fourth-order valence-electron chi connectivity index (χ4n) is 5.45. The van der Waals surface area contributed by atoms with Crippen LogP contribution >= 0.6 is 0 Å². The number of hydrogen-bond acceptors (Lipinski definition) is 4. The van der Waals surface area contributed by atoms with E-state index < -0.39 is 0 Å². The van der Waals surface area contributed by atoms with Crippen LogP contribution in [-0.2, 0) is 4.74 Å². The van der Waals surface area contributed by atoms with Crippen LogP contribution in [0.2, 0.25) is 0 Å². The van der Waals surface area contributed by atoms with Crippen LogP contribution in [0.1, 0.15) is 51.5 Å². The van der Waals surface area contributed by atoms with Crippen LogP contribution in [0.3, 0.4) is 0 Å². The summed E-state index contributed by atoms with van der Waals surface area (Å²) >= 11 is 0. The Hall–Kier alpha value is -2.46. The molecule has 30 heavy (non-hydrogen) atoms. The highest BCUT2D eigenvalue weighted by Crippen LogP contribution is 2.56. The Morgan fingerprint density at radius 2 is 1.93 bits per heavy atom. The van der Waals surface area contributed by atoms with Crippen molar-refractivity contribution in [1.29, 1.82) is 0 Å². The van der Waals surface area contributed by atoms with E-state index in [1.807, 2.05) is 18.2 Å². The van der Waals surface area contributed by atoms with Crippen molar-refractivity contribution in [3.63, 3.8) is 0 Å². The van der Waals surface area contributed by atoms with Crippen molar-refractivity contribution in [2.45, 2.75) is 51.6 Å². The van der Waals surface area contributed by atoms with Gasteiger partial charge < -0.3 is 18.6 Å². The van der Waals surface area contributed by atoms with Gasteiger partial charge in [0.05, 0.1) is 0 Å². The first kappa shape index (κ1) is 19.5. The van der Waals surface area contributed by atoms with Crippen LogP contribution in [0, 0.1) is 11.8 Å². The number of hydrogen-bond donors (Lipinski definition) is 0. The maximum absolute atomic E-state index is 6.62. The Morgan fingerprint density at radius 3 is 2.73 bits per heavy atom. The first-order chi connectivity index (χ1) is 14.5. The van der Waals surface area contributed by atoms with Gasteiger partial charge >= 0.3 is 0 Å². The highest BCUT2D eigenvalue weighted by Gasteiger charge is 2.47. The maximum atomic E-state index is 6.62. The molecule has 1 saturated carbocycles. The summed E-state index contributed by atoms with van der Waals surface area (Å²) in [5.74, 6) is 4.22. The topological polar surface area (TPSA) is 40.8 Å². The molecule has 0 spiro atoms. The highest BCUT2D eigenvalue weighted by atomic mass is 16.7. The largest absolute Gasteiger partial charge is 0.487 e. The summed E-state index contributed by atoms with van der Waals surface area (Å²) in [5.41, 5.74) is 2.84. The number of fused-ring (bicyclic) bond motifs is 4. The Balaban J connectivity index is 1.65. The molecule has 2 heterocycles. The van der Waals surface area contributed by atoms with Gasteiger partial charge in [-0.3, -0.25) is 0 Å². The van der Waals surface area contributed by atoms with Crippen LogP contribution < -0.4 is 9.47 Å². The first-order valence-corrected chi connectivity index (χ1v) is 10.9. The summed E-state index contributed by atoms with van der Waals surface area (Å²) in [7, 11) is 1.65. The van der Waals surface area contributed by atoms with Gasteiger partial charge in [0.1, 0.15) is 28.4 Å². The Bertz CT molecular complexity index is 1030. The number of furan rings is 1. The van der Waals surface area contributed by atoms with Crippen LogP contribution in [0.25, 0.3) is 22.3 Å². The predicted octanol–water partition coefficient (Wildman–Crippen LogP) is 6.77. The molecule has 2 aliphatic rings. The second-order valence-electron chi connectivity index (χ2n) is 9.42. The van der Waals surface area contributed by atoms with Crippen LogP contribution in [0.15, 0.2) is 46.9 Å². The molecule has 0 radical (unpaired) electrons. The summed E-state index contributed by atoms with van der Waals surface area (Å²) in [4.78, 5) is 0. The minimum absolute atomic E-state index is 0.206. The molecule has 3 atom stereocenters. The lowest BCUT2D eigenvalue weighted by atomic mass is 9.64. The van der Waals surface area contributed by atoms with E-state index in [0.29, 0.717) is 17.8 Å². The van der Waals surface area contributed by atoms with Crippen molar-refractivity contribution in [3.8, 4) is 22.8 Å². The number of benzene rings is 2. The maximum Gasteiger partial charge on any atom is 0.188 e. The van der Waals surface area contributed by atoms with E-state index in [0.717, 1.165) is 40.2 Å². The molecule has 3 aromatic rings. The zero-order valence-electron chi connectivity index (χ0n) is 18.2. The van der Waals surface area contributed by atoms with Crippen LogP contribution in [0.5, 0.6) is 11.5 Å². The lowest BCUT2D eigenvalue weighted by Crippen LogP contribution is -2.46. The molecule has 158 valence electrons. The van der Waals surface area contributed by atoms with Crippen molar-refractivity contribution >= 4 is 11.0 Å². The predicted molar refractivity (Wildman–Crippen MR) is 118 cm³/mol. The van der Waals surface area contributed by atoms with E-state index in [2.05, 4.69) is 45.0 Å². The minimum Gasteiger partial charge on any atom is -0.487 e. The monoisotopic (exact) mass is 406 g/mol. The number of rotatable bonds is 4. The molecule has 4 heteroatoms. The van der Waals surface area contributed by atoms with E-state index in [1.54, 1.807) is 7.11 Å². The van der Waals surface area contributed by atoms with Crippen LogP contribution in [-0.4, -0.2) is 19.5 Å². The zero-order chi connectivity index (χ0) is 20.9. The summed E-state index contributed by atoms with van der Waals surface area (Å²) in [6.45, 7) is 7.03. The molecule has 0 unspecified atom stereocenters. The Labute approximate surface area is 178 Å². The molecule has 0 bridgehead atoms. The quantitative estimate of drug-likeness (QED) is 0.448. The molecule has 4 nitrogen and oxygen atoms in total. The van der Waals surface area contributed by atoms with E-state index in [9.17, 15) is 0 Å². The molecule has 0 N–H and O–H groups in total. The molecule has 2 aromatic carbocycles. The number of para-hydroxylation sites is 1. The van der Waals surface area contributed by atoms with Gasteiger partial charge in [-0.25, -0.2) is 0 Å². The average Bonchev–Trinajstić information content (AvgIpc) is 3.15. The van der Waals surface area contributed by atoms with E-state index >= 15 is 0 Å². The number of ether oxygens (including phenoxy) is 3. The standard InChI is InChI=1S/C26H30O4/c1-16-9-10-20-19(11-16)25-23(28-15-27-4)13-18(14-24(25)30-26(20,2)3)22-12-17-7-5-6-8-21(17)29-22/h5-8,12-14,16,19-20H,9-11,15H2,1-4H3/t16-,19-,20-/m0/s1. The summed E-state index contributed by atoms with van der Waals surface area (Å²) in [5, 5.41) is 1.09. The molecule has 1 fully saturated rings. The zero-order valence-corrected chi connectivity index (χ0v) is 18.2. The molecule has 1 aliphatic carbocycles. The third-order valence-electron chi connectivity index (χ3n) is 6.90. The van der Waals surface area contributed by atoms with Crippen molar-refractivity contribution < 1.29 is 18.6 Å². The van der Waals surface area contributed by atoms with Gasteiger partial charge in [-0.1, -0.05) is 31.5 Å². The van der Waals surface area contributed by atoms with Gasteiger partial charge in [-0.15, -0.1) is 0 Å². The summed E-state index contributed by atoms with van der Waals surface area (Å²) in [6.07, 6.45) is 3.61. The smallest absolute Gasteiger partial charge is 0.188 e. The van der Waals surface area contributed by atoms with Gasteiger partial charge in [0, 0.05) is 29.5 Å². The van der Waals surface area contributed by atoms with Gasteiger partial charge in [0.2, 0.25) is 0 Å². The lowest BCUT2D eigenvalue weighted by molar-refractivity contribution is -0.0167. The first-order valence-electron chi connectivity index (χ1n) is 10.9. The molecule has 0 amide bonds. The van der Waals surface area contributed by atoms with E-state index in [4.69, 9.17) is 18.6 Å². The molecule has 1 aromatic heterocycles.